The Morgan fingerprint density at radius 2 is 1.64 bits per heavy atom. The van der Waals surface area contributed by atoms with Crippen LogP contribution < -0.4 is 9.46 Å². The predicted molar refractivity (Wildman–Crippen MR) is 81.0 cm³/mol. The summed E-state index contributed by atoms with van der Waals surface area (Å²) >= 11 is 0. The van der Waals surface area contributed by atoms with Gasteiger partial charge in [0.15, 0.2) is 0 Å². The van der Waals surface area contributed by atoms with Crippen molar-refractivity contribution in [2.24, 2.45) is 0 Å². The van der Waals surface area contributed by atoms with Crippen LogP contribution in [0.3, 0.4) is 0 Å². The normalized spacial score (nSPS) is 11.2. The van der Waals surface area contributed by atoms with E-state index in [1.165, 1.54) is 12.1 Å². The molecule has 2 rings (SSSR count). The van der Waals surface area contributed by atoms with Gasteiger partial charge in [-0.15, -0.1) is 0 Å². The molecule has 0 saturated heterocycles. The smallest absolute Gasteiger partial charge is 0.261 e. The number of benzene rings is 2. The van der Waals surface area contributed by atoms with Crippen LogP contribution >= 0.6 is 0 Å². The van der Waals surface area contributed by atoms with Gasteiger partial charge in [-0.25, -0.2) is 12.8 Å². The lowest BCUT2D eigenvalue weighted by Crippen LogP contribution is -2.12. The Balaban J connectivity index is 2.05. The summed E-state index contributed by atoms with van der Waals surface area (Å²) in [5.74, 6) is 0.123. The SMILES string of the molecule is COCCOc1ccc(NS(=O)(=O)c2ccc(F)cc2)cc1. The third kappa shape index (κ3) is 4.44. The standard InChI is InChI=1S/C15H16FNO4S/c1-20-10-11-21-14-6-4-13(5-7-14)17-22(18,19)15-8-2-12(16)3-9-15/h2-9,17H,10-11H2,1H3. The molecule has 0 aromatic heterocycles. The fraction of sp³-hybridized carbons (Fsp3) is 0.200. The van der Waals surface area contributed by atoms with E-state index in [2.05, 4.69) is 4.72 Å². The van der Waals surface area contributed by atoms with Gasteiger partial charge < -0.3 is 9.47 Å². The molecule has 0 fully saturated rings. The Kier molecular flexibility index (Phi) is 5.35. The zero-order chi connectivity index (χ0) is 16.0. The largest absolute Gasteiger partial charge is 0.491 e. The fourth-order valence-electron chi connectivity index (χ4n) is 1.69. The van der Waals surface area contributed by atoms with Crippen LogP contribution in [0.4, 0.5) is 10.1 Å². The van der Waals surface area contributed by atoms with Crippen molar-refractivity contribution < 1.29 is 22.3 Å². The van der Waals surface area contributed by atoms with Gasteiger partial charge in [0.05, 0.1) is 11.5 Å². The number of halogens is 1. The first-order valence-corrected chi connectivity index (χ1v) is 8.00. The molecule has 0 aliphatic carbocycles. The first-order chi connectivity index (χ1) is 10.5. The fourth-order valence-corrected chi connectivity index (χ4v) is 2.75. The van der Waals surface area contributed by atoms with Crippen LogP contribution in [-0.2, 0) is 14.8 Å². The van der Waals surface area contributed by atoms with Crippen LogP contribution in [0, 0.1) is 5.82 Å². The van der Waals surface area contributed by atoms with Crippen LogP contribution in [0.1, 0.15) is 0 Å². The molecule has 0 heterocycles. The average molecular weight is 325 g/mol. The molecule has 0 amide bonds. The maximum Gasteiger partial charge on any atom is 0.261 e. The van der Waals surface area contributed by atoms with E-state index in [4.69, 9.17) is 9.47 Å². The monoisotopic (exact) mass is 325 g/mol. The summed E-state index contributed by atoms with van der Waals surface area (Å²) < 4.78 is 49.8. The van der Waals surface area contributed by atoms with Crippen LogP contribution in [0.15, 0.2) is 53.4 Å². The highest BCUT2D eigenvalue weighted by Gasteiger charge is 2.14. The van der Waals surface area contributed by atoms with Gasteiger partial charge in [0.25, 0.3) is 10.0 Å². The summed E-state index contributed by atoms with van der Waals surface area (Å²) in [5, 5.41) is 0. The lowest BCUT2D eigenvalue weighted by atomic mass is 10.3. The van der Waals surface area contributed by atoms with Crippen molar-refractivity contribution in [2.45, 2.75) is 4.90 Å². The number of rotatable bonds is 7. The number of hydrogen-bond acceptors (Lipinski definition) is 4. The number of sulfonamides is 1. The van der Waals surface area contributed by atoms with Crippen molar-refractivity contribution in [1.29, 1.82) is 0 Å². The van der Waals surface area contributed by atoms with Crippen LogP contribution in [0.5, 0.6) is 5.75 Å². The summed E-state index contributed by atoms with van der Waals surface area (Å²) in [4.78, 5) is -0.00526. The quantitative estimate of drug-likeness (QED) is 0.795. The van der Waals surface area contributed by atoms with E-state index in [0.717, 1.165) is 12.1 Å². The molecule has 2 aromatic carbocycles. The number of anilines is 1. The molecule has 0 spiro atoms. The molecule has 7 heteroatoms. The molecule has 22 heavy (non-hydrogen) atoms. The highest BCUT2D eigenvalue weighted by atomic mass is 32.2. The van der Waals surface area contributed by atoms with Gasteiger partial charge >= 0.3 is 0 Å². The van der Waals surface area contributed by atoms with Crippen LogP contribution in [0.25, 0.3) is 0 Å². The van der Waals surface area contributed by atoms with Crippen molar-refractivity contribution in [3.05, 3.63) is 54.3 Å². The molecular formula is C15H16FNO4S. The summed E-state index contributed by atoms with van der Waals surface area (Å²) in [6.45, 7) is 0.885. The second-order valence-electron chi connectivity index (χ2n) is 4.43. The van der Waals surface area contributed by atoms with Crippen molar-refractivity contribution in [3.63, 3.8) is 0 Å². The lowest BCUT2D eigenvalue weighted by Gasteiger charge is -2.09. The Morgan fingerprint density at radius 3 is 2.23 bits per heavy atom. The van der Waals surface area contributed by atoms with E-state index in [1.54, 1.807) is 31.4 Å². The van der Waals surface area contributed by atoms with E-state index in [0.29, 0.717) is 24.7 Å². The topological polar surface area (TPSA) is 64.6 Å². The summed E-state index contributed by atoms with van der Waals surface area (Å²) in [6, 6.07) is 11.1. The van der Waals surface area contributed by atoms with Gasteiger partial charge in [-0.1, -0.05) is 0 Å². The molecule has 5 nitrogen and oxygen atoms in total. The minimum atomic E-state index is -3.74. The van der Waals surface area contributed by atoms with E-state index < -0.39 is 15.8 Å². The molecule has 1 N–H and O–H groups in total. The van der Waals surface area contributed by atoms with Crippen LogP contribution in [0.2, 0.25) is 0 Å². The molecule has 0 aliphatic rings. The van der Waals surface area contributed by atoms with E-state index in [9.17, 15) is 12.8 Å². The predicted octanol–water partition coefficient (Wildman–Crippen LogP) is 2.65. The second kappa shape index (κ2) is 7.24. The van der Waals surface area contributed by atoms with Gasteiger partial charge in [-0.2, -0.15) is 0 Å². The highest BCUT2D eigenvalue weighted by Crippen LogP contribution is 2.19. The first kappa shape index (κ1) is 16.3. The third-order valence-corrected chi connectivity index (χ3v) is 4.18. The highest BCUT2D eigenvalue weighted by molar-refractivity contribution is 7.92. The summed E-state index contributed by atoms with van der Waals surface area (Å²) in [7, 11) is -2.16. The first-order valence-electron chi connectivity index (χ1n) is 6.51. The number of methoxy groups -OCH3 is 1. The van der Waals surface area contributed by atoms with Crippen molar-refractivity contribution in [1.82, 2.24) is 0 Å². The number of ether oxygens (including phenoxy) is 2. The Morgan fingerprint density at radius 1 is 1.00 bits per heavy atom. The van der Waals surface area contributed by atoms with Gasteiger partial charge in [-0.05, 0) is 48.5 Å². The molecule has 2 aromatic rings. The Labute approximate surface area is 128 Å². The molecular weight excluding hydrogens is 309 g/mol. The molecule has 0 aliphatic heterocycles. The molecule has 0 bridgehead atoms. The number of nitrogens with one attached hydrogen (secondary N) is 1. The van der Waals surface area contributed by atoms with Crippen molar-refractivity contribution in [2.75, 3.05) is 25.0 Å². The van der Waals surface area contributed by atoms with Gasteiger partial charge in [-0.3, -0.25) is 4.72 Å². The van der Waals surface area contributed by atoms with Gasteiger partial charge in [0.2, 0.25) is 0 Å². The minimum absolute atomic E-state index is 0.00526. The molecule has 0 atom stereocenters. The van der Waals surface area contributed by atoms with E-state index >= 15 is 0 Å². The summed E-state index contributed by atoms with van der Waals surface area (Å²) in [6.07, 6.45) is 0. The van der Waals surface area contributed by atoms with Gasteiger partial charge in [0.1, 0.15) is 18.2 Å². The number of hydrogen-bond donors (Lipinski definition) is 1. The third-order valence-electron chi connectivity index (χ3n) is 2.79. The Bertz CT molecular complexity index is 699. The Hall–Kier alpha value is -2.12. The molecule has 118 valence electrons. The van der Waals surface area contributed by atoms with Crippen molar-refractivity contribution in [3.8, 4) is 5.75 Å². The average Bonchev–Trinajstić information content (AvgIpc) is 2.49. The van der Waals surface area contributed by atoms with Gasteiger partial charge in [0, 0.05) is 12.8 Å². The summed E-state index contributed by atoms with van der Waals surface area (Å²) in [5.41, 5.74) is 0.392. The zero-order valence-corrected chi connectivity index (χ0v) is 12.8. The van der Waals surface area contributed by atoms with Crippen molar-refractivity contribution >= 4 is 15.7 Å². The second-order valence-corrected chi connectivity index (χ2v) is 6.11. The molecule has 0 unspecified atom stereocenters. The van der Waals surface area contributed by atoms with E-state index in [1.807, 2.05) is 0 Å². The maximum absolute atomic E-state index is 12.8. The lowest BCUT2D eigenvalue weighted by molar-refractivity contribution is 0.146. The maximum atomic E-state index is 12.8. The van der Waals surface area contributed by atoms with E-state index in [-0.39, 0.29) is 4.90 Å². The zero-order valence-electron chi connectivity index (χ0n) is 12.0. The minimum Gasteiger partial charge on any atom is -0.491 e. The van der Waals surface area contributed by atoms with Crippen LogP contribution in [-0.4, -0.2) is 28.7 Å². The molecule has 0 saturated carbocycles. The molecule has 0 radical (unpaired) electrons.